The summed E-state index contributed by atoms with van der Waals surface area (Å²) in [5.41, 5.74) is 2.11. The number of esters is 1. The second-order valence-electron chi connectivity index (χ2n) is 5.02. The number of halogens is 1. The summed E-state index contributed by atoms with van der Waals surface area (Å²) in [6, 6.07) is 8.97. The molecule has 6 heteroatoms. The lowest BCUT2D eigenvalue weighted by Gasteiger charge is -2.14. The average Bonchev–Trinajstić information content (AvgIpc) is 2.88. The number of aryl methyl sites for hydroxylation is 2. The molecule has 1 heterocycles. The smallest absolute Gasteiger partial charge is 0.355 e. The van der Waals surface area contributed by atoms with E-state index in [4.69, 9.17) is 4.74 Å². The summed E-state index contributed by atoms with van der Waals surface area (Å²) in [4.78, 5) is 24.1. The highest BCUT2D eigenvalue weighted by Gasteiger charge is 2.20. The Balaban J connectivity index is 2.00. The van der Waals surface area contributed by atoms with Gasteiger partial charge in [-0.3, -0.25) is 4.79 Å². The van der Waals surface area contributed by atoms with Gasteiger partial charge >= 0.3 is 5.97 Å². The van der Waals surface area contributed by atoms with Gasteiger partial charge in [-0.1, -0.05) is 6.07 Å². The van der Waals surface area contributed by atoms with E-state index in [9.17, 15) is 9.59 Å². The highest BCUT2D eigenvalue weighted by Crippen LogP contribution is 2.23. The number of ether oxygens (including phenoxy) is 1. The molecule has 1 amide bonds. The van der Waals surface area contributed by atoms with E-state index in [1.54, 1.807) is 36.0 Å². The van der Waals surface area contributed by atoms with E-state index in [1.165, 1.54) is 6.92 Å². The van der Waals surface area contributed by atoms with Gasteiger partial charge in [-0.2, -0.15) is 0 Å². The Bertz CT molecular complexity index is 709. The summed E-state index contributed by atoms with van der Waals surface area (Å²) in [7, 11) is 1.74. The zero-order valence-electron chi connectivity index (χ0n) is 12.6. The maximum Gasteiger partial charge on any atom is 0.355 e. The third-order valence-electron chi connectivity index (χ3n) is 3.19. The molecule has 0 aliphatic carbocycles. The van der Waals surface area contributed by atoms with Gasteiger partial charge in [0.15, 0.2) is 6.10 Å². The first kappa shape index (κ1) is 16.3. The number of anilines is 1. The molecular weight excluding hydrogens is 348 g/mol. The Kier molecular flexibility index (Phi) is 5.03. The second kappa shape index (κ2) is 6.79. The zero-order valence-corrected chi connectivity index (χ0v) is 14.2. The van der Waals surface area contributed by atoms with Crippen LogP contribution in [-0.2, 0) is 16.6 Å². The number of nitrogens with zero attached hydrogens (tertiary/aromatic N) is 1. The van der Waals surface area contributed by atoms with Gasteiger partial charge in [0.2, 0.25) is 0 Å². The molecule has 0 saturated carbocycles. The number of nitrogens with one attached hydrogen (secondary N) is 1. The number of aromatic nitrogens is 1. The largest absolute Gasteiger partial charge is 0.448 e. The molecule has 0 bridgehead atoms. The van der Waals surface area contributed by atoms with E-state index in [2.05, 4.69) is 21.2 Å². The fraction of sp³-hybridized carbons (Fsp3) is 0.250. The van der Waals surface area contributed by atoms with Crippen LogP contribution in [0.15, 0.2) is 41.0 Å². The minimum absolute atomic E-state index is 0.382. The predicted octanol–water partition coefficient (Wildman–Crippen LogP) is 3.28. The van der Waals surface area contributed by atoms with E-state index in [1.807, 2.05) is 19.1 Å². The maximum atomic E-state index is 12.1. The van der Waals surface area contributed by atoms with E-state index >= 15 is 0 Å². The minimum Gasteiger partial charge on any atom is -0.448 e. The first-order valence-corrected chi connectivity index (χ1v) is 7.57. The fourth-order valence-electron chi connectivity index (χ4n) is 1.90. The summed E-state index contributed by atoms with van der Waals surface area (Å²) >= 11 is 3.39. The van der Waals surface area contributed by atoms with Crippen LogP contribution in [0.2, 0.25) is 0 Å². The van der Waals surface area contributed by atoms with Gasteiger partial charge in [0.25, 0.3) is 5.91 Å². The van der Waals surface area contributed by atoms with Crippen LogP contribution in [0.5, 0.6) is 0 Å². The summed E-state index contributed by atoms with van der Waals surface area (Å²) in [5, 5.41) is 2.73. The highest BCUT2D eigenvalue weighted by atomic mass is 79.9. The Morgan fingerprint density at radius 1 is 1.32 bits per heavy atom. The number of benzene rings is 1. The molecule has 0 radical (unpaired) electrons. The SMILES string of the molecule is Cc1ccc(NC(=O)[C@@H](C)OC(=O)c2cccn2C)c(Br)c1. The predicted molar refractivity (Wildman–Crippen MR) is 87.8 cm³/mol. The number of amides is 1. The third kappa shape index (κ3) is 3.76. The van der Waals surface area contributed by atoms with Crippen molar-refractivity contribution in [1.82, 2.24) is 4.57 Å². The third-order valence-corrected chi connectivity index (χ3v) is 3.84. The van der Waals surface area contributed by atoms with E-state index in [0.29, 0.717) is 11.4 Å². The molecule has 116 valence electrons. The maximum absolute atomic E-state index is 12.1. The van der Waals surface area contributed by atoms with Crippen LogP contribution >= 0.6 is 15.9 Å². The molecule has 0 aliphatic heterocycles. The van der Waals surface area contributed by atoms with Gasteiger partial charge in [0.05, 0.1) is 5.69 Å². The van der Waals surface area contributed by atoms with Crippen LogP contribution in [-0.4, -0.2) is 22.5 Å². The molecule has 2 aromatic rings. The molecule has 0 fully saturated rings. The van der Waals surface area contributed by atoms with Crippen molar-refractivity contribution in [3.63, 3.8) is 0 Å². The van der Waals surface area contributed by atoms with Crippen LogP contribution in [0.4, 0.5) is 5.69 Å². The van der Waals surface area contributed by atoms with Crippen molar-refractivity contribution in [3.8, 4) is 0 Å². The summed E-state index contributed by atoms with van der Waals surface area (Å²) in [6.07, 6.45) is 0.848. The fourth-order valence-corrected chi connectivity index (χ4v) is 2.50. The first-order chi connectivity index (χ1) is 10.4. The lowest BCUT2D eigenvalue weighted by molar-refractivity contribution is -0.123. The van der Waals surface area contributed by atoms with Crippen molar-refractivity contribution in [2.75, 3.05) is 5.32 Å². The Morgan fingerprint density at radius 3 is 2.64 bits per heavy atom. The molecule has 1 aromatic carbocycles. The molecule has 0 unspecified atom stereocenters. The van der Waals surface area contributed by atoms with Crippen molar-refractivity contribution in [2.24, 2.45) is 7.05 Å². The minimum atomic E-state index is -0.893. The number of hydrogen-bond donors (Lipinski definition) is 1. The molecule has 0 spiro atoms. The molecule has 0 saturated heterocycles. The van der Waals surface area contributed by atoms with E-state index < -0.39 is 12.1 Å². The molecule has 2 rings (SSSR count). The van der Waals surface area contributed by atoms with Crippen molar-refractivity contribution in [2.45, 2.75) is 20.0 Å². The van der Waals surface area contributed by atoms with Crippen LogP contribution in [0.1, 0.15) is 23.0 Å². The quantitative estimate of drug-likeness (QED) is 0.846. The summed E-state index contributed by atoms with van der Waals surface area (Å²) in [6.45, 7) is 3.50. The van der Waals surface area contributed by atoms with Crippen LogP contribution in [0, 0.1) is 6.92 Å². The zero-order chi connectivity index (χ0) is 16.3. The number of rotatable bonds is 4. The van der Waals surface area contributed by atoms with Crippen LogP contribution in [0.3, 0.4) is 0 Å². The second-order valence-corrected chi connectivity index (χ2v) is 5.88. The molecule has 1 N–H and O–H groups in total. The molecule has 1 atom stereocenters. The summed E-state index contributed by atoms with van der Waals surface area (Å²) < 4.78 is 7.61. The first-order valence-electron chi connectivity index (χ1n) is 6.78. The van der Waals surface area contributed by atoms with Gasteiger partial charge in [0.1, 0.15) is 5.69 Å². The van der Waals surface area contributed by atoms with Crippen molar-refractivity contribution >= 4 is 33.5 Å². The molecule has 1 aromatic heterocycles. The number of carbonyl (C=O) groups excluding carboxylic acids is 2. The van der Waals surface area contributed by atoms with Gasteiger partial charge in [-0.15, -0.1) is 0 Å². The van der Waals surface area contributed by atoms with Gasteiger partial charge in [-0.05, 0) is 59.6 Å². The van der Waals surface area contributed by atoms with Crippen molar-refractivity contribution < 1.29 is 14.3 Å². The average molecular weight is 365 g/mol. The van der Waals surface area contributed by atoms with Crippen molar-refractivity contribution in [1.29, 1.82) is 0 Å². The van der Waals surface area contributed by atoms with Gasteiger partial charge < -0.3 is 14.6 Å². The van der Waals surface area contributed by atoms with Crippen molar-refractivity contribution in [3.05, 3.63) is 52.3 Å². The molecule has 22 heavy (non-hydrogen) atoms. The van der Waals surface area contributed by atoms with Gasteiger partial charge in [0, 0.05) is 17.7 Å². The highest BCUT2D eigenvalue weighted by molar-refractivity contribution is 9.10. The van der Waals surface area contributed by atoms with E-state index in [0.717, 1.165) is 10.0 Å². The molecular formula is C16H17BrN2O3. The Hall–Kier alpha value is -2.08. The van der Waals surface area contributed by atoms with Crippen LogP contribution in [0.25, 0.3) is 0 Å². The standard InChI is InChI=1S/C16H17BrN2O3/c1-10-6-7-13(12(17)9-10)18-15(20)11(2)22-16(21)14-5-4-8-19(14)3/h4-9,11H,1-3H3,(H,18,20)/t11-/m1/s1. The topological polar surface area (TPSA) is 60.3 Å². The Morgan fingerprint density at radius 2 is 2.05 bits per heavy atom. The normalized spacial score (nSPS) is 11.8. The summed E-state index contributed by atoms with van der Waals surface area (Å²) in [5.74, 6) is -0.912. The lowest BCUT2D eigenvalue weighted by atomic mass is 10.2. The number of carbonyl (C=O) groups is 2. The monoisotopic (exact) mass is 364 g/mol. The Labute approximate surface area is 137 Å². The van der Waals surface area contributed by atoms with Gasteiger partial charge in [-0.25, -0.2) is 4.79 Å². The number of hydrogen-bond acceptors (Lipinski definition) is 3. The van der Waals surface area contributed by atoms with Crippen LogP contribution < -0.4 is 5.32 Å². The van der Waals surface area contributed by atoms with E-state index in [-0.39, 0.29) is 5.91 Å². The molecule has 0 aliphatic rings. The molecule has 5 nitrogen and oxygen atoms in total. The lowest BCUT2D eigenvalue weighted by Crippen LogP contribution is -2.30.